The van der Waals surface area contributed by atoms with Gasteiger partial charge in [0.15, 0.2) is 11.5 Å². The number of anilines is 1. The number of aliphatic hydroxyl groups is 1. The third kappa shape index (κ3) is 5.83. The van der Waals surface area contributed by atoms with Crippen LogP contribution in [0.4, 0.5) is 14.9 Å². The molecular formula is C33H36ClFN2O5. The zero-order valence-corrected chi connectivity index (χ0v) is 25.0. The highest BCUT2D eigenvalue weighted by molar-refractivity contribution is 6.30. The molecule has 2 aliphatic heterocycles. The number of carbonyl (C=O) groups excluding carboxylic acids is 2. The third-order valence-corrected chi connectivity index (χ3v) is 8.66. The number of ether oxygens (including phenoxy) is 2. The standard InChI is InChI=1S/C33H36ClFN2O5/c1-20(2)42-29-19-27-22(17-28(29)41-4)18-30(38)37(31(27)21-5-9-25(34)10-6-21)26-11-7-23(8-12-26)33(3,40)24-13-15-36(16-14-24)32(35)39/h5-12,17,19-20,24,31,40H,13-16,18H2,1-4H3. The molecule has 42 heavy (non-hydrogen) atoms. The highest BCUT2D eigenvalue weighted by Gasteiger charge is 2.39. The zero-order chi connectivity index (χ0) is 30.2. The van der Waals surface area contributed by atoms with Gasteiger partial charge in [-0.1, -0.05) is 35.9 Å². The quantitative estimate of drug-likeness (QED) is 0.240. The minimum atomic E-state index is -1.43. The predicted molar refractivity (Wildman–Crippen MR) is 160 cm³/mol. The van der Waals surface area contributed by atoms with Crippen LogP contribution in [0.1, 0.15) is 61.9 Å². The van der Waals surface area contributed by atoms with E-state index in [9.17, 15) is 19.1 Å². The molecule has 0 saturated carbocycles. The van der Waals surface area contributed by atoms with E-state index in [0.717, 1.165) is 16.7 Å². The minimum absolute atomic E-state index is 0.0720. The molecule has 0 bridgehead atoms. The van der Waals surface area contributed by atoms with Gasteiger partial charge in [0.25, 0.3) is 0 Å². The lowest BCUT2D eigenvalue weighted by atomic mass is 9.77. The van der Waals surface area contributed by atoms with Gasteiger partial charge in [0, 0.05) is 23.8 Å². The number of hydrogen-bond donors (Lipinski definition) is 1. The lowest BCUT2D eigenvalue weighted by molar-refractivity contribution is -0.118. The van der Waals surface area contributed by atoms with Gasteiger partial charge in [-0.05, 0) is 98.2 Å². The van der Waals surface area contributed by atoms with Crippen molar-refractivity contribution in [2.45, 2.75) is 57.8 Å². The molecule has 0 radical (unpaired) electrons. The first kappa shape index (κ1) is 29.9. The van der Waals surface area contributed by atoms with E-state index in [2.05, 4.69) is 0 Å². The lowest BCUT2D eigenvalue weighted by Crippen LogP contribution is -2.43. The van der Waals surface area contributed by atoms with Crippen molar-refractivity contribution in [3.05, 3.63) is 87.9 Å². The Kier molecular flexibility index (Phi) is 8.49. The lowest BCUT2D eigenvalue weighted by Gasteiger charge is -2.40. The van der Waals surface area contributed by atoms with Crippen molar-refractivity contribution in [3.63, 3.8) is 0 Å². The zero-order valence-electron chi connectivity index (χ0n) is 24.3. The summed E-state index contributed by atoms with van der Waals surface area (Å²) in [4.78, 5) is 27.9. The molecule has 2 heterocycles. The monoisotopic (exact) mass is 594 g/mol. The summed E-state index contributed by atoms with van der Waals surface area (Å²) in [5.41, 5.74) is 2.88. The molecule has 222 valence electrons. The van der Waals surface area contributed by atoms with Crippen LogP contribution in [-0.4, -0.2) is 48.4 Å². The topological polar surface area (TPSA) is 79.3 Å². The van der Waals surface area contributed by atoms with Crippen molar-refractivity contribution in [1.29, 1.82) is 0 Å². The van der Waals surface area contributed by atoms with Crippen LogP contribution in [0.25, 0.3) is 0 Å². The fourth-order valence-electron chi connectivity index (χ4n) is 6.14. The number of methoxy groups -OCH3 is 1. The number of fused-ring (bicyclic) bond motifs is 1. The number of amides is 2. The maximum absolute atomic E-state index is 13.8. The first-order valence-corrected chi connectivity index (χ1v) is 14.6. The average Bonchev–Trinajstić information content (AvgIpc) is 2.96. The van der Waals surface area contributed by atoms with Gasteiger partial charge in [0.05, 0.1) is 31.3 Å². The van der Waals surface area contributed by atoms with Crippen LogP contribution in [0.15, 0.2) is 60.7 Å². The van der Waals surface area contributed by atoms with Gasteiger partial charge >= 0.3 is 6.16 Å². The Morgan fingerprint density at radius 3 is 2.26 bits per heavy atom. The molecule has 7 nitrogen and oxygen atoms in total. The van der Waals surface area contributed by atoms with Crippen LogP contribution in [-0.2, 0) is 16.8 Å². The smallest absolute Gasteiger partial charge is 0.400 e. The summed E-state index contributed by atoms with van der Waals surface area (Å²) >= 11 is 6.22. The predicted octanol–water partition coefficient (Wildman–Crippen LogP) is 6.82. The number of rotatable bonds is 7. The second-order valence-electron chi connectivity index (χ2n) is 11.5. The van der Waals surface area contributed by atoms with Crippen LogP contribution in [0.3, 0.4) is 0 Å². The number of likely N-dealkylation sites (tertiary alicyclic amines) is 1. The molecule has 3 aromatic carbocycles. The highest BCUT2D eigenvalue weighted by Crippen LogP contribution is 2.44. The molecule has 1 N–H and O–H groups in total. The largest absolute Gasteiger partial charge is 0.493 e. The SMILES string of the molecule is COc1cc2c(cc1OC(C)C)C(c1ccc(Cl)cc1)N(c1ccc(C(C)(O)C3CCN(C(=O)F)CC3)cc1)C(=O)C2. The van der Waals surface area contributed by atoms with Gasteiger partial charge in [-0.3, -0.25) is 4.79 Å². The summed E-state index contributed by atoms with van der Waals surface area (Å²) in [6, 6.07) is 18.2. The summed E-state index contributed by atoms with van der Waals surface area (Å²) in [7, 11) is 1.59. The second-order valence-corrected chi connectivity index (χ2v) is 11.9. The van der Waals surface area contributed by atoms with Gasteiger partial charge in [-0.15, -0.1) is 4.39 Å². The molecule has 0 aromatic heterocycles. The van der Waals surface area contributed by atoms with Gasteiger partial charge in [-0.2, -0.15) is 0 Å². The summed E-state index contributed by atoms with van der Waals surface area (Å²) < 4.78 is 24.8. The van der Waals surface area contributed by atoms with Crippen molar-refractivity contribution in [1.82, 2.24) is 4.90 Å². The molecule has 1 saturated heterocycles. The maximum atomic E-state index is 13.8. The number of piperidine rings is 1. The van der Waals surface area contributed by atoms with Gasteiger partial charge in [-0.25, -0.2) is 4.79 Å². The van der Waals surface area contributed by atoms with E-state index in [0.29, 0.717) is 40.6 Å². The molecule has 0 aliphatic carbocycles. The second kappa shape index (κ2) is 11.9. The van der Waals surface area contributed by atoms with E-state index < -0.39 is 17.8 Å². The summed E-state index contributed by atoms with van der Waals surface area (Å²) in [5, 5.41) is 12.1. The third-order valence-electron chi connectivity index (χ3n) is 8.41. The molecule has 1 fully saturated rings. The first-order chi connectivity index (χ1) is 20.0. The molecule has 2 atom stereocenters. The van der Waals surface area contributed by atoms with Crippen LogP contribution in [0.5, 0.6) is 11.5 Å². The van der Waals surface area contributed by atoms with Crippen LogP contribution in [0.2, 0.25) is 5.02 Å². The van der Waals surface area contributed by atoms with Crippen LogP contribution < -0.4 is 14.4 Å². The normalized spacial score (nSPS) is 19.0. The Morgan fingerprint density at radius 1 is 1.05 bits per heavy atom. The van der Waals surface area contributed by atoms with Crippen molar-refractivity contribution in [2.75, 3.05) is 25.1 Å². The number of halogens is 2. The van der Waals surface area contributed by atoms with Gasteiger partial charge < -0.3 is 24.4 Å². The Hall–Kier alpha value is -3.62. The van der Waals surface area contributed by atoms with E-state index >= 15 is 0 Å². The summed E-state index contributed by atoms with van der Waals surface area (Å²) in [6.45, 7) is 6.19. The summed E-state index contributed by atoms with van der Waals surface area (Å²) in [6.07, 6.45) is -0.328. The Labute approximate surface area is 250 Å². The molecule has 0 spiro atoms. The van der Waals surface area contributed by atoms with Gasteiger partial charge in [0.2, 0.25) is 5.91 Å². The van der Waals surface area contributed by atoms with E-state index in [1.165, 1.54) is 4.90 Å². The fraction of sp³-hybridized carbons (Fsp3) is 0.394. The summed E-state index contributed by atoms with van der Waals surface area (Å²) in [5.74, 6) is 0.960. The minimum Gasteiger partial charge on any atom is -0.493 e. The van der Waals surface area contributed by atoms with Crippen LogP contribution >= 0.6 is 11.6 Å². The molecule has 3 aromatic rings. The van der Waals surface area contributed by atoms with E-state index in [4.69, 9.17) is 21.1 Å². The molecule has 9 heteroatoms. The Morgan fingerprint density at radius 2 is 1.69 bits per heavy atom. The van der Waals surface area contributed by atoms with E-state index in [1.807, 2.05) is 74.5 Å². The number of hydrogen-bond acceptors (Lipinski definition) is 5. The first-order valence-electron chi connectivity index (χ1n) is 14.2. The molecule has 2 aliphatic rings. The number of nitrogens with zero attached hydrogens (tertiary/aromatic N) is 2. The molecule has 2 unspecified atom stereocenters. The average molecular weight is 595 g/mol. The van der Waals surface area contributed by atoms with Crippen LogP contribution in [0, 0.1) is 5.92 Å². The Bertz CT molecular complexity index is 1450. The number of benzene rings is 3. The van der Waals surface area contributed by atoms with Crippen molar-refractivity contribution < 1.29 is 28.6 Å². The van der Waals surface area contributed by atoms with Crippen molar-refractivity contribution >= 4 is 29.4 Å². The van der Waals surface area contributed by atoms with Gasteiger partial charge in [0.1, 0.15) is 0 Å². The van der Waals surface area contributed by atoms with Crippen molar-refractivity contribution in [2.24, 2.45) is 5.92 Å². The molecule has 5 rings (SSSR count). The fourth-order valence-corrected chi connectivity index (χ4v) is 6.27. The molecular weight excluding hydrogens is 559 g/mol. The van der Waals surface area contributed by atoms with E-state index in [-0.39, 0.29) is 37.4 Å². The van der Waals surface area contributed by atoms with Crippen molar-refractivity contribution in [3.8, 4) is 11.5 Å². The number of carbonyl (C=O) groups is 2. The maximum Gasteiger partial charge on any atom is 0.400 e. The highest BCUT2D eigenvalue weighted by atomic mass is 35.5. The Balaban J connectivity index is 1.52. The van der Waals surface area contributed by atoms with E-state index in [1.54, 1.807) is 18.9 Å². The molecule has 2 amide bonds.